The van der Waals surface area contributed by atoms with Gasteiger partial charge in [-0.15, -0.1) is 0 Å². The molecule has 1 saturated heterocycles. The first-order valence-electron chi connectivity index (χ1n) is 7.94. The minimum Gasteiger partial charge on any atom is -0.497 e. The van der Waals surface area contributed by atoms with Crippen molar-refractivity contribution < 1.29 is 9.53 Å². The molecule has 22 heavy (non-hydrogen) atoms. The first-order valence-corrected chi connectivity index (χ1v) is 7.94. The SMILES string of the molecule is COc1ccc(N2CCN([C@H](C)C(=O)NC(C)C)CC2)cc1. The summed E-state index contributed by atoms with van der Waals surface area (Å²) in [6, 6.07) is 8.27. The molecule has 5 heteroatoms. The van der Waals surface area contributed by atoms with Crippen LogP contribution < -0.4 is 15.0 Å². The van der Waals surface area contributed by atoms with Gasteiger partial charge in [0.2, 0.25) is 5.91 Å². The Hall–Kier alpha value is -1.75. The topological polar surface area (TPSA) is 44.8 Å². The van der Waals surface area contributed by atoms with Crippen LogP contribution >= 0.6 is 0 Å². The molecule has 1 atom stereocenters. The third-order valence-corrected chi connectivity index (χ3v) is 4.11. The van der Waals surface area contributed by atoms with E-state index in [-0.39, 0.29) is 18.0 Å². The van der Waals surface area contributed by atoms with Gasteiger partial charge in [-0.3, -0.25) is 9.69 Å². The molecule has 1 fully saturated rings. The molecule has 1 aromatic carbocycles. The lowest BCUT2D eigenvalue weighted by atomic mass is 10.2. The molecule has 1 heterocycles. The Balaban J connectivity index is 1.88. The van der Waals surface area contributed by atoms with Gasteiger partial charge >= 0.3 is 0 Å². The van der Waals surface area contributed by atoms with Crippen LogP contribution in [0, 0.1) is 0 Å². The fraction of sp³-hybridized carbons (Fsp3) is 0.588. The lowest BCUT2D eigenvalue weighted by Crippen LogP contribution is -2.54. The van der Waals surface area contributed by atoms with E-state index in [2.05, 4.69) is 27.2 Å². The molecule has 0 aromatic heterocycles. The van der Waals surface area contributed by atoms with Crippen molar-refractivity contribution in [2.45, 2.75) is 32.9 Å². The molecule has 0 spiro atoms. The average Bonchev–Trinajstić information content (AvgIpc) is 2.54. The maximum Gasteiger partial charge on any atom is 0.237 e. The molecule has 1 N–H and O–H groups in total. The van der Waals surface area contributed by atoms with Crippen LogP contribution in [0.2, 0.25) is 0 Å². The minimum absolute atomic E-state index is 0.0691. The molecule has 0 bridgehead atoms. The molecule has 122 valence electrons. The molecular weight excluding hydrogens is 278 g/mol. The number of amides is 1. The zero-order valence-electron chi connectivity index (χ0n) is 14.0. The average molecular weight is 305 g/mol. The van der Waals surface area contributed by atoms with E-state index in [0.717, 1.165) is 31.9 Å². The predicted molar refractivity (Wildman–Crippen MR) is 89.5 cm³/mol. The van der Waals surface area contributed by atoms with Gasteiger partial charge in [0, 0.05) is 37.9 Å². The van der Waals surface area contributed by atoms with E-state index in [1.165, 1.54) is 5.69 Å². The summed E-state index contributed by atoms with van der Waals surface area (Å²) in [5.74, 6) is 0.995. The quantitative estimate of drug-likeness (QED) is 0.900. The van der Waals surface area contributed by atoms with E-state index >= 15 is 0 Å². The van der Waals surface area contributed by atoms with Gasteiger partial charge in [-0.25, -0.2) is 0 Å². The van der Waals surface area contributed by atoms with Gasteiger partial charge < -0.3 is 15.0 Å². The van der Waals surface area contributed by atoms with Crippen molar-refractivity contribution >= 4 is 11.6 Å². The Kier molecular flexibility index (Phi) is 5.66. The molecule has 5 nitrogen and oxygen atoms in total. The number of benzene rings is 1. The van der Waals surface area contributed by atoms with Crippen molar-refractivity contribution in [1.82, 2.24) is 10.2 Å². The Morgan fingerprint density at radius 1 is 1.09 bits per heavy atom. The van der Waals surface area contributed by atoms with Gasteiger partial charge in [0.25, 0.3) is 0 Å². The van der Waals surface area contributed by atoms with Crippen LogP contribution in [0.4, 0.5) is 5.69 Å². The predicted octanol–water partition coefficient (Wildman–Crippen LogP) is 1.73. The Morgan fingerprint density at radius 3 is 2.18 bits per heavy atom. The molecular formula is C17H27N3O2. The van der Waals surface area contributed by atoms with Crippen LogP contribution in [-0.4, -0.2) is 56.2 Å². The number of nitrogens with zero attached hydrogens (tertiary/aromatic N) is 2. The van der Waals surface area contributed by atoms with Crippen molar-refractivity contribution in [2.24, 2.45) is 0 Å². The third-order valence-electron chi connectivity index (χ3n) is 4.11. The third kappa shape index (κ3) is 4.13. The first-order chi connectivity index (χ1) is 10.5. The zero-order valence-corrected chi connectivity index (χ0v) is 14.0. The maximum atomic E-state index is 12.1. The molecule has 1 amide bonds. The molecule has 1 aliphatic heterocycles. The fourth-order valence-corrected chi connectivity index (χ4v) is 2.73. The molecule has 2 rings (SSSR count). The lowest BCUT2D eigenvalue weighted by molar-refractivity contribution is -0.126. The normalized spacial score (nSPS) is 17.4. The number of hydrogen-bond acceptors (Lipinski definition) is 4. The van der Waals surface area contributed by atoms with Crippen molar-refractivity contribution in [3.63, 3.8) is 0 Å². The number of carbonyl (C=O) groups excluding carboxylic acids is 1. The summed E-state index contributed by atoms with van der Waals surface area (Å²) in [4.78, 5) is 16.7. The van der Waals surface area contributed by atoms with Gasteiger partial charge in [0.05, 0.1) is 13.2 Å². The smallest absolute Gasteiger partial charge is 0.237 e. The van der Waals surface area contributed by atoms with Crippen LogP contribution in [0.3, 0.4) is 0 Å². The van der Waals surface area contributed by atoms with Crippen molar-refractivity contribution in [2.75, 3.05) is 38.2 Å². The highest BCUT2D eigenvalue weighted by molar-refractivity contribution is 5.81. The van der Waals surface area contributed by atoms with Crippen LogP contribution in [-0.2, 0) is 4.79 Å². The number of anilines is 1. The highest BCUT2D eigenvalue weighted by Crippen LogP contribution is 2.21. The maximum absolute atomic E-state index is 12.1. The van der Waals surface area contributed by atoms with Crippen molar-refractivity contribution in [1.29, 1.82) is 0 Å². The Morgan fingerprint density at radius 2 is 1.68 bits per heavy atom. The fourth-order valence-electron chi connectivity index (χ4n) is 2.73. The Labute approximate surface area is 133 Å². The number of carbonyl (C=O) groups is 1. The van der Waals surface area contributed by atoms with Crippen molar-refractivity contribution in [3.8, 4) is 5.75 Å². The van der Waals surface area contributed by atoms with Gasteiger partial charge in [-0.1, -0.05) is 0 Å². The number of rotatable bonds is 5. The highest BCUT2D eigenvalue weighted by Gasteiger charge is 2.25. The monoisotopic (exact) mass is 305 g/mol. The zero-order chi connectivity index (χ0) is 16.1. The molecule has 1 aliphatic rings. The van der Waals surface area contributed by atoms with Crippen LogP contribution in [0.25, 0.3) is 0 Å². The van der Waals surface area contributed by atoms with E-state index in [9.17, 15) is 4.79 Å². The molecule has 0 unspecified atom stereocenters. The number of methoxy groups -OCH3 is 1. The molecule has 0 aliphatic carbocycles. The molecule has 0 saturated carbocycles. The van der Waals surface area contributed by atoms with Crippen LogP contribution in [0.15, 0.2) is 24.3 Å². The number of nitrogens with one attached hydrogen (secondary N) is 1. The first kappa shape index (κ1) is 16.6. The van der Waals surface area contributed by atoms with Crippen LogP contribution in [0.5, 0.6) is 5.75 Å². The summed E-state index contributed by atoms with van der Waals surface area (Å²) in [6.45, 7) is 9.65. The summed E-state index contributed by atoms with van der Waals surface area (Å²) in [5.41, 5.74) is 1.21. The second kappa shape index (κ2) is 7.49. The van der Waals surface area contributed by atoms with Gasteiger partial charge in [0.1, 0.15) is 5.75 Å². The number of piperazine rings is 1. The van der Waals surface area contributed by atoms with Gasteiger partial charge in [-0.05, 0) is 45.0 Å². The summed E-state index contributed by atoms with van der Waals surface area (Å²) in [6.07, 6.45) is 0. The van der Waals surface area contributed by atoms with E-state index in [1.54, 1.807) is 7.11 Å². The van der Waals surface area contributed by atoms with Crippen LogP contribution in [0.1, 0.15) is 20.8 Å². The number of hydrogen-bond donors (Lipinski definition) is 1. The van der Waals surface area contributed by atoms with Gasteiger partial charge in [-0.2, -0.15) is 0 Å². The largest absolute Gasteiger partial charge is 0.497 e. The summed E-state index contributed by atoms with van der Waals surface area (Å²) in [7, 11) is 1.68. The molecule has 1 aromatic rings. The minimum atomic E-state index is -0.0691. The second-order valence-corrected chi connectivity index (χ2v) is 6.06. The van der Waals surface area contributed by atoms with E-state index in [4.69, 9.17) is 4.74 Å². The van der Waals surface area contributed by atoms with E-state index in [1.807, 2.05) is 32.9 Å². The second-order valence-electron chi connectivity index (χ2n) is 6.06. The number of ether oxygens (including phenoxy) is 1. The lowest BCUT2D eigenvalue weighted by Gasteiger charge is -2.38. The summed E-state index contributed by atoms with van der Waals surface area (Å²) >= 11 is 0. The Bertz CT molecular complexity index is 479. The summed E-state index contributed by atoms with van der Waals surface area (Å²) < 4.78 is 5.19. The van der Waals surface area contributed by atoms with E-state index in [0.29, 0.717) is 0 Å². The summed E-state index contributed by atoms with van der Waals surface area (Å²) in [5, 5.41) is 2.99. The van der Waals surface area contributed by atoms with Crippen molar-refractivity contribution in [3.05, 3.63) is 24.3 Å². The van der Waals surface area contributed by atoms with Gasteiger partial charge in [0.15, 0.2) is 0 Å². The van der Waals surface area contributed by atoms with E-state index < -0.39 is 0 Å². The molecule has 0 radical (unpaired) electrons. The highest BCUT2D eigenvalue weighted by atomic mass is 16.5. The standard InChI is InChI=1S/C17H27N3O2/c1-13(2)18-17(21)14(3)19-9-11-20(12-10-19)15-5-7-16(22-4)8-6-15/h5-8,13-14H,9-12H2,1-4H3,(H,18,21)/t14-/m1/s1.